The molecule has 2 rings (SSSR count). The van der Waals surface area contributed by atoms with Crippen LogP contribution in [0.1, 0.15) is 0 Å². The van der Waals surface area contributed by atoms with Gasteiger partial charge in [-0.1, -0.05) is 0 Å². The first kappa shape index (κ1) is 9.97. The number of nitrogens with two attached hydrogens (primary N) is 1. The molecule has 0 saturated heterocycles. The summed E-state index contributed by atoms with van der Waals surface area (Å²) >= 11 is 3.10. The Labute approximate surface area is 93.1 Å². The molecule has 0 aliphatic carbocycles. The highest BCUT2D eigenvalue weighted by molar-refractivity contribution is 9.10. The van der Waals surface area contributed by atoms with Gasteiger partial charge >= 0.3 is 0 Å². The molecule has 6 heteroatoms. The summed E-state index contributed by atoms with van der Waals surface area (Å²) in [5.74, 6) is -0.533. The van der Waals surface area contributed by atoms with Crippen LogP contribution in [0.3, 0.4) is 0 Å². The number of phenols is 1. The second-order valence-electron chi connectivity index (χ2n) is 2.95. The van der Waals surface area contributed by atoms with Gasteiger partial charge in [0.25, 0.3) is 0 Å². The third-order valence-electron chi connectivity index (χ3n) is 2.02. The predicted molar refractivity (Wildman–Crippen MR) is 57.8 cm³/mol. The van der Waals surface area contributed by atoms with Gasteiger partial charge in [-0.25, -0.2) is 4.39 Å². The third-order valence-corrected chi connectivity index (χ3v) is 2.66. The van der Waals surface area contributed by atoms with Crippen LogP contribution < -0.4 is 5.73 Å². The van der Waals surface area contributed by atoms with Crippen molar-refractivity contribution in [2.45, 2.75) is 0 Å². The summed E-state index contributed by atoms with van der Waals surface area (Å²) in [6.07, 6.45) is 1.36. The van der Waals surface area contributed by atoms with Crippen molar-refractivity contribution in [1.82, 2.24) is 10.2 Å². The molecule has 0 saturated carbocycles. The molecule has 78 valence electrons. The van der Waals surface area contributed by atoms with Crippen LogP contribution in [0, 0.1) is 5.82 Å². The number of nitrogen functional groups attached to an aromatic ring is 1. The Bertz CT molecular complexity index is 512. The number of aromatic nitrogens is 2. The fraction of sp³-hybridized carbons (Fsp3) is 0. The molecule has 0 aliphatic heterocycles. The van der Waals surface area contributed by atoms with E-state index < -0.39 is 5.82 Å². The largest absolute Gasteiger partial charge is 0.506 e. The third kappa shape index (κ3) is 1.56. The van der Waals surface area contributed by atoms with E-state index in [2.05, 4.69) is 26.1 Å². The molecular weight excluding hydrogens is 265 g/mol. The molecule has 1 aromatic heterocycles. The number of aromatic amines is 1. The van der Waals surface area contributed by atoms with Gasteiger partial charge in [0.05, 0.1) is 21.8 Å². The summed E-state index contributed by atoms with van der Waals surface area (Å²) in [6.45, 7) is 0. The maximum atomic E-state index is 13.5. The maximum absolute atomic E-state index is 13.5. The fourth-order valence-electron chi connectivity index (χ4n) is 1.29. The number of hydrogen-bond donors (Lipinski definition) is 3. The van der Waals surface area contributed by atoms with Gasteiger partial charge in [-0.15, -0.1) is 0 Å². The minimum absolute atomic E-state index is 0.0376. The lowest BCUT2D eigenvalue weighted by Gasteiger charge is -2.06. The van der Waals surface area contributed by atoms with Gasteiger partial charge in [0, 0.05) is 0 Å². The Morgan fingerprint density at radius 3 is 2.80 bits per heavy atom. The number of anilines is 1. The van der Waals surface area contributed by atoms with Gasteiger partial charge in [-0.3, -0.25) is 5.10 Å². The lowest BCUT2D eigenvalue weighted by atomic mass is 10.1. The molecule has 0 spiro atoms. The van der Waals surface area contributed by atoms with Gasteiger partial charge in [0.1, 0.15) is 17.4 Å². The highest BCUT2D eigenvalue weighted by Gasteiger charge is 2.16. The number of nitrogens with zero attached hydrogens (tertiary/aromatic N) is 1. The van der Waals surface area contributed by atoms with E-state index in [0.717, 1.165) is 0 Å². The Morgan fingerprint density at radius 2 is 2.20 bits per heavy atom. The Balaban J connectivity index is 2.72. The molecule has 15 heavy (non-hydrogen) atoms. The Kier molecular flexibility index (Phi) is 2.36. The zero-order valence-electron chi connectivity index (χ0n) is 7.46. The van der Waals surface area contributed by atoms with E-state index in [1.165, 1.54) is 18.3 Å². The topological polar surface area (TPSA) is 74.9 Å². The van der Waals surface area contributed by atoms with Crippen molar-refractivity contribution in [2.24, 2.45) is 0 Å². The molecule has 0 bridgehead atoms. The normalized spacial score (nSPS) is 10.5. The zero-order valence-corrected chi connectivity index (χ0v) is 9.05. The number of phenolic OH excluding ortho intramolecular Hbond substituents is 1. The van der Waals surface area contributed by atoms with E-state index in [9.17, 15) is 9.50 Å². The van der Waals surface area contributed by atoms with Crippen molar-refractivity contribution in [1.29, 1.82) is 0 Å². The molecule has 1 heterocycles. The summed E-state index contributed by atoms with van der Waals surface area (Å²) in [4.78, 5) is 0. The van der Waals surface area contributed by atoms with Crippen LogP contribution >= 0.6 is 15.9 Å². The lowest BCUT2D eigenvalue weighted by molar-refractivity contribution is 0.468. The van der Waals surface area contributed by atoms with E-state index in [1.807, 2.05) is 0 Å². The number of hydrogen-bond acceptors (Lipinski definition) is 3. The summed E-state index contributed by atoms with van der Waals surface area (Å²) in [6, 6.07) is 2.66. The molecule has 0 unspecified atom stereocenters. The van der Waals surface area contributed by atoms with Crippen molar-refractivity contribution in [3.05, 3.63) is 28.6 Å². The van der Waals surface area contributed by atoms with Crippen LogP contribution in [0.2, 0.25) is 0 Å². The SMILES string of the molecule is Nc1[nH]ncc1-c1c(F)ccc(Br)c1O. The minimum atomic E-state index is -0.552. The minimum Gasteiger partial charge on any atom is -0.506 e. The van der Waals surface area contributed by atoms with Crippen molar-refractivity contribution in [2.75, 3.05) is 5.73 Å². The number of nitrogens with one attached hydrogen (secondary N) is 1. The summed E-state index contributed by atoms with van der Waals surface area (Å²) in [5, 5.41) is 15.8. The van der Waals surface area contributed by atoms with Crippen molar-refractivity contribution in [3.63, 3.8) is 0 Å². The average molecular weight is 272 g/mol. The average Bonchev–Trinajstić information content (AvgIpc) is 2.60. The molecule has 2 aromatic rings. The molecule has 0 amide bonds. The Hall–Kier alpha value is -1.56. The number of rotatable bonds is 1. The summed E-state index contributed by atoms with van der Waals surface area (Å²) < 4.78 is 13.9. The van der Waals surface area contributed by atoms with E-state index >= 15 is 0 Å². The lowest BCUT2D eigenvalue weighted by Crippen LogP contribution is -1.91. The fourth-order valence-corrected chi connectivity index (χ4v) is 1.62. The van der Waals surface area contributed by atoms with E-state index in [1.54, 1.807) is 0 Å². The molecule has 4 nitrogen and oxygen atoms in total. The van der Waals surface area contributed by atoms with Gasteiger partial charge in [0.15, 0.2) is 0 Å². The van der Waals surface area contributed by atoms with Gasteiger partial charge in [0.2, 0.25) is 0 Å². The van der Waals surface area contributed by atoms with Crippen molar-refractivity contribution < 1.29 is 9.50 Å². The number of aromatic hydroxyl groups is 1. The van der Waals surface area contributed by atoms with Crippen molar-refractivity contribution in [3.8, 4) is 16.9 Å². The summed E-state index contributed by atoms with van der Waals surface area (Å²) in [7, 11) is 0. The van der Waals surface area contributed by atoms with Crippen LogP contribution in [0.4, 0.5) is 10.2 Å². The second kappa shape index (κ2) is 3.54. The first-order valence-corrected chi connectivity index (χ1v) is 4.86. The van der Waals surface area contributed by atoms with Crippen LogP contribution in [0.25, 0.3) is 11.1 Å². The van der Waals surface area contributed by atoms with Crippen molar-refractivity contribution >= 4 is 21.7 Å². The van der Waals surface area contributed by atoms with Crippen LogP contribution in [-0.2, 0) is 0 Å². The van der Waals surface area contributed by atoms with E-state index in [4.69, 9.17) is 5.73 Å². The van der Waals surface area contributed by atoms with Gasteiger partial charge < -0.3 is 10.8 Å². The standard InChI is InChI=1S/C9H7BrFN3O/c10-5-1-2-6(11)7(8(5)15)4-3-13-14-9(4)12/h1-3,15H,(H3,12,13,14). The second-order valence-corrected chi connectivity index (χ2v) is 3.80. The Morgan fingerprint density at radius 1 is 1.47 bits per heavy atom. The smallest absolute Gasteiger partial charge is 0.140 e. The van der Waals surface area contributed by atoms with Gasteiger partial charge in [-0.2, -0.15) is 5.10 Å². The predicted octanol–water partition coefficient (Wildman–Crippen LogP) is 2.27. The number of halogens is 2. The molecule has 0 atom stereocenters. The molecular formula is C9H7BrFN3O. The molecule has 0 aliphatic rings. The van der Waals surface area contributed by atoms with Crippen LogP contribution in [0.5, 0.6) is 5.75 Å². The quantitative estimate of drug-likeness (QED) is 0.745. The van der Waals surface area contributed by atoms with E-state index in [0.29, 0.717) is 10.0 Å². The van der Waals surface area contributed by atoms with Crippen LogP contribution in [-0.4, -0.2) is 15.3 Å². The highest BCUT2D eigenvalue weighted by atomic mass is 79.9. The first-order valence-electron chi connectivity index (χ1n) is 4.07. The molecule has 4 N–H and O–H groups in total. The maximum Gasteiger partial charge on any atom is 0.140 e. The number of benzene rings is 1. The van der Waals surface area contributed by atoms with Gasteiger partial charge in [-0.05, 0) is 28.1 Å². The zero-order chi connectivity index (χ0) is 11.0. The van der Waals surface area contributed by atoms with E-state index in [-0.39, 0.29) is 17.1 Å². The first-order chi connectivity index (χ1) is 7.11. The highest BCUT2D eigenvalue weighted by Crippen LogP contribution is 2.38. The monoisotopic (exact) mass is 271 g/mol. The van der Waals surface area contributed by atoms with Crippen LogP contribution in [0.15, 0.2) is 22.8 Å². The molecule has 1 aromatic carbocycles. The summed E-state index contributed by atoms with van der Waals surface area (Å²) in [5.41, 5.74) is 5.93. The number of H-pyrrole nitrogens is 1. The molecule has 0 fully saturated rings. The molecule has 0 radical (unpaired) electrons.